The number of nitrogens with one attached hydrogen (secondary N) is 1. The molecule has 1 radical (unpaired) electrons. The molecule has 0 aliphatic rings. The van der Waals surface area contributed by atoms with Crippen LogP contribution in [-0.2, 0) is 16.6 Å². The Labute approximate surface area is 72.5 Å². The van der Waals surface area contributed by atoms with E-state index in [9.17, 15) is 8.42 Å². The Bertz CT molecular complexity index is 331. The molecule has 4 heteroatoms. The van der Waals surface area contributed by atoms with Crippen molar-refractivity contribution in [3.8, 4) is 0 Å². The molecule has 3 nitrogen and oxygen atoms in total. The minimum Gasteiger partial charge on any atom is -0.213 e. The van der Waals surface area contributed by atoms with Gasteiger partial charge in [-0.15, -0.1) is 0 Å². The summed E-state index contributed by atoms with van der Waals surface area (Å²) in [6.07, 6.45) is 1.14. The second kappa shape index (κ2) is 3.69. The van der Waals surface area contributed by atoms with Crippen LogP contribution in [0, 0.1) is 6.07 Å². The predicted molar refractivity (Wildman–Crippen MR) is 47.0 cm³/mol. The molecule has 1 aromatic rings. The van der Waals surface area contributed by atoms with Gasteiger partial charge in [0.1, 0.15) is 0 Å². The lowest BCUT2D eigenvalue weighted by Gasteiger charge is -2.00. The third-order valence-corrected chi connectivity index (χ3v) is 1.98. The number of hydrogen-bond donors (Lipinski definition) is 1. The third kappa shape index (κ3) is 3.50. The van der Waals surface area contributed by atoms with Gasteiger partial charge in [-0.1, -0.05) is 18.2 Å². The van der Waals surface area contributed by atoms with Gasteiger partial charge in [0.2, 0.25) is 10.0 Å². The van der Waals surface area contributed by atoms with E-state index in [4.69, 9.17) is 0 Å². The lowest BCUT2D eigenvalue weighted by molar-refractivity contribution is 0.587. The molecule has 0 bridgehead atoms. The van der Waals surface area contributed by atoms with Crippen LogP contribution >= 0.6 is 0 Å². The van der Waals surface area contributed by atoms with E-state index >= 15 is 0 Å². The standard InChI is InChI=1S/C8H10NO2S/c1-12(10,11)9-7-8-5-3-2-4-6-8/h2-3,5-6,9H,7H2,1H3. The number of benzene rings is 1. The van der Waals surface area contributed by atoms with Crippen LogP contribution in [-0.4, -0.2) is 14.7 Å². The zero-order valence-corrected chi connectivity index (χ0v) is 7.56. The molecule has 1 aromatic carbocycles. The quantitative estimate of drug-likeness (QED) is 0.745. The van der Waals surface area contributed by atoms with Gasteiger partial charge in [0.25, 0.3) is 0 Å². The van der Waals surface area contributed by atoms with E-state index in [0.717, 1.165) is 11.8 Å². The molecule has 0 amide bonds. The molecule has 65 valence electrons. The fourth-order valence-corrected chi connectivity index (χ4v) is 1.18. The molecule has 0 saturated carbocycles. The Balaban J connectivity index is 2.56. The smallest absolute Gasteiger partial charge is 0.209 e. The molecule has 0 saturated heterocycles. The topological polar surface area (TPSA) is 46.2 Å². The van der Waals surface area contributed by atoms with Crippen molar-refractivity contribution in [1.29, 1.82) is 0 Å². The van der Waals surface area contributed by atoms with Gasteiger partial charge < -0.3 is 0 Å². The summed E-state index contributed by atoms with van der Waals surface area (Å²) in [6.45, 7) is 0.330. The molecule has 1 rings (SSSR count). The van der Waals surface area contributed by atoms with Gasteiger partial charge in [-0.2, -0.15) is 0 Å². The summed E-state index contributed by atoms with van der Waals surface area (Å²) in [5.41, 5.74) is 0.905. The number of sulfonamides is 1. The summed E-state index contributed by atoms with van der Waals surface area (Å²) in [5, 5.41) is 0. The first-order chi connectivity index (χ1) is 5.58. The van der Waals surface area contributed by atoms with Crippen molar-refractivity contribution >= 4 is 10.0 Å². The van der Waals surface area contributed by atoms with E-state index < -0.39 is 10.0 Å². The highest BCUT2D eigenvalue weighted by Crippen LogP contribution is 1.96. The van der Waals surface area contributed by atoms with Crippen LogP contribution in [0.4, 0.5) is 0 Å². The first-order valence-corrected chi connectivity index (χ1v) is 5.37. The SMILES string of the molecule is CS(=O)(=O)NCc1c[c]ccc1. The second-order valence-corrected chi connectivity index (χ2v) is 4.34. The van der Waals surface area contributed by atoms with E-state index in [0.29, 0.717) is 6.54 Å². The first-order valence-electron chi connectivity index (χ1n) is 3.47. The molecule has 0 aromatic heterocycles. The molecule has 0 atom stereocenters. The zero-order valence-electron chi connectivity index (χ0n) is 6.74. The van der Waals surface area contributed by atoms with Crippen LogP contribution in [0.3, 0.4) is 0 Å². The summed E-state index contributed by atoms with van der Waals surface area (Å²) >= 11 is 0. The Kier molecular flexibility index (Phi) is 2.83. The minimum absolute atomic E-state index is 0.330. The van der Waals surface area contributed by atoms with Crippen LogP contribution in [0.5, 0.6) is 0 Å². The Morgan fingerprint density at radius 2 is 2.33 bits per heavy atom. The van der Waals surface area contributed by atoms with Gasteiger partial charge in [-0.05, 0) is 17.7 Å². The summed E-state index contributed by atoms with van der Waals surface area (Å²) in [6, 6.07) is 10.0. The van der Waals surface area contributed by atoms with Crippen molar-refractivity contribution in [2.45, 2.75) is 6.54 Å². The second-order valence-electron chi connectivity index (χ2n) is 2.50. The fraction of sp³-hybridized carbons (Fsp3) is 0.250. The van der Waals surface area contributed by atoms with Crippen LogP contribution in [0.25, 0.3) is 0 Å². The molecular weight excluding hydrogens is 174 g/mol. The third-order valence-electron chi connectivity index (χ3n) is 1.31. The summed E-state index contributed by atoms with van der Waals surface area (Å²) in [4.78, 5) is 0. The largest absolute Gasteiger partial charge is 0.213 e. The first kappa shape index (κ1) is 9.22. The predicted octanol–water partition coefficient (Wildman–Crippen LogP) is 0.536. The van der Waals surface area contributed by atoms with Crippen LogP contribution in [0.2, 0.25) is 0 Å². The Hall–Kier alpha value is -0.870. The average Bonchev–Trinajstić information content (AvgIpc) is 2.02. The van der Waals surface area contributed by atoms with Crippen molar-refractivity contribution in [3.05, 3.63) is 35.9 Å². The van der Waals surface area contributed by atoms with Crippen molar-refractivity contribution in [2.24, 2.45) is 0 Å². The van der Waals surface area contributed by atoms with Gasteiger partial charge in [0.15, 0.2) is 0 Å². The number of rotatable bonds is 3. The molecule has 0 fully saturated rings. The highest BCUT2D eigenvalue weighted by atomic mass is 32.2. The average molecular weight is 184 g/mol. The van der Waals surface area contributed by atoms with Crippen molar-refractivity contribution in [3.63, 3.8) is 0 Å². The lowest BCUT2D eigenvalue weighted by atomic mass is 10.2. The van der Waals surface area contributed by atoms with E-state index in [2.05, 4.69) is 10.8 Å². The molecule has 12 heavy (non-hydrogen) atoms. The van der Waals surface area contributed by atoms with Gasteiger partial charge in [-0.25, -0.2) is 13.1 Å². The normalized spacial score (nSPS) is 11.4. The van der Waals surface area contributed by atoms with E-state index in [1.54, 1.807) is 12.1 Å². The van der Waals surface area contributed by atoms with Crippen LogP contribution < -0.4 is 4.72 Å². The molecule has 0 unspecified atom stereocenters. The van der Waals surface area contributed by atoms with Crippen molar-refractivity contribution < 1.29 is 8.42 Å². The minimum atomic E-state index is -3.09. The van der Waals surface area contributed by atoms with Crippen LogP contribution in [0.1, 0.15) is 5.56 Å². The maximum atomic E-state index is 10.7. The van der Waals surface area contributed by atoms with Crippen LogP contribution in [0.15, 0.2) is 24.3 Å². The Morgan fingerprint density at radius 1 is 1.58 bits per heavy atom. The highest BCUT2D eigenvalue weighted by molar-refractivity contribution is 7.88. The lowest BCUT2D eigenvalue weighted by Crippen LogP contribution is -2.21. The fourth-order valence-electron chi connectivity index (χ4n) is 0.755. The van der Waals surface area contributed by atoms with E-state index in [1.807, 2.05) is 12.1 Å². The monoisotopic (exact) mass is 184 g/mol. The summed E-state index contributed by atoms with van der Waals surface area (Å²) in [5.74, 6) is 0. The van der Waals surface area contributed by atoms with Crippen molar-refractivity contribution in [2.75, 3.05) is 6.26 Å². The van der Waals surface area contributed by atoms with Gasteiger partial charge in [0.05, 0.1) is 6.26 Å². The molecule has 0 aliphatic carbocycles. The van der Waals surface area contributed by atoms with Gasteiger partial charge in [0, 0.05) is 6.54 Å². The van der Waals surface area contributed by atoms with E-state index in [-0.39, 0.29) is 0 Å². The summed E-state index contributed by atoms with van der Waals surface area (Å²) < 4.78 is 23.8. The van der Waals surface area contributed by atoms with Gasteiger partial charge in [-0.3, -0.25) is 0 Å². The molecule has 1 N–H and O–H groups in total. The van der Waals surface area contributed by atoms with E-state index in [1.165, 1.54) is 0 Å². The maximum absolute atomic E-state index is 10.7. The molecule has 0 aliphatic heterocycles. The van der Waals surface area contributed by atoms with Gasteiger partial charge >= 0.3 is 0 Å². The Morgan fingerprint density at radius 3 is 2.83 bits per heavy atom. The maximum Gasteiger partial charge on any atom is 0.209 e. The number of hydrogen-bond acceptors (Lipinski definition) is 2. The van der Waals surface area contributed by atoms with Crippen molar-refractivity contribution in [1.82, 2.24) is 4.72 Å². The molecule has 0 heterocycles. The molecule has 0 spiro atoms. The summed E-state index contributed by atoms with van der Waals surface area (Å²) in [7, 11) is -3.09. The highest BCUT2D eigenvalue weighted by Gasteiger charge is 1.99. The zero-order chi connectivity index (χ0) is 9.03. The molecular formula is C8H10NO2S.